The lowest BCUT2D eigenvalue weighted by atomic mass is 10.0. The highest BCUT2D eigenvalue weighted by atomic mass is 35.5. The fourth-order valence-corrected chi connectivity index (χ4v) is 3.13. The molecule has 1 heterocycles. The van der Waals surface area contributed by atoms with E-state index in [1.807, 2.05) is 31.2 Å². The Morgan fingerprint density at radius 1 is 1.29 bits per heavy atom. The van der Waals surface area contributed by atoms with Crippen LogP contribution in [0.3, 0.4) is 0 Å². The average molecular weight is 285 g/mol. The number of Topliss-reactive ketones (excluding diaryl/α,β-unsaturated/α-hetero) is 1. The number of thiophene rings is 1. The van der Waals surface area contributed by atoms with E-state index in [4.69, 9.17) is 23.2 Å². The van der Waals surface area contributed by atoms with Gasteiger partial charge in [-0.2, -0.15) is 0 Å². The fourth-order valence-electron chi connectivity index (χ4n) is 1.63. The zero-order chi connectivity index (χ0) is 12.4. The third kappa shape index (κ3) is 3.09. The van der Waals surface area contributed by atoms with Gasteiger partial charge in [0.2, 0.25) is 0 Å². The Kier molecular flexibility index (Phi) is 3.87. The summed E-state index contributed by atoms with van der Waals surface area (Å²) in [6.07, 6.45) is 0.356. The molecule has 0 aliphatic heterocycles. The third-order valence-electron chi connectivity index (χ3n) is 2.40. The lowest BCUT2D eigenvalue weighted by Crippen LogP contribution is -2.02. The van der Waals surface area contributed by atoms with Crippen LogP contribution in [0.15, 0.2) is 30.3 Å². The standard InChI is InChI=1S/C13H10Cl2OS/c1-8-3-2-4-9(5-8)6-11(16)10-7-12(14)17-13(10)15/h2-5,7H,6H2,1H3. The van der Waals surface area contributed by atoms with Gasteiger partial charge in [0, 0.05) is 12.0 Å². The Morgan fingerprint density at radius 3 is 2.65 bits per heavy atom. The molecule has 0 saturated carbocycles. The monoisotopic (exact) mass is 284 g/mol. The molecule has 0 N–H and O–H groups in total. The van der Waals surface area contributed by atoms with Crippen LogP contribution in [0, 0.1) is 6.92 Å². The second-order valence-corrected chi connectivity index (χ2v) is 6.11. The van der Waals surface area contributed by atoms with Gasteiger partial charge in [-0.15, -0.1) is 11.3 Å². The van der Waals surface area contributed by atoms with Crippen LogP contribution in [-0.4, -0.2) is 5.78 Å². The van der Waals surface area contributed by atoms with Crippen molar-refractivity contribution in [3.05, 3.63) is 55.7 Å². The van der Waals surface area contributed by atoms with Crippen molar-refractivity contribution in [3.63, 3.8) is 0 Å². The topological polar surface area (TPSA) is 17.1 Å². The second-order valence-electron chi connectivity index (χ2n) is 3.83. The van der Waals surface area contributed by atoms with Gasteiger partial charge in [0.1, 0.15) is 4.34 Å². The minimum absolute atomic E-state index is 0.00347. The summed E-state index contributed by atoms with van der Waals surface area (Å²) in [6, 6.07) is 9.52. The molecule has 1 aromatic carbocycles. The molecule has 0 bridgehead atoms. The first kappa shape index (κ1) is 12.6. The van der Waals surface area contributed by atoms with Crippen molar-refractivity contribution < 1.29 is 4.79 Å². The number of hydrogen-bond donors (Lipinski definition) is 0. The summed E-state index contributed by atoms with van der Waals surface area (Å²) in [4.78, 5) is 12.0. The van der Waals surface area contributed by atoms with Gasteiger partial charge in [0.15, 0.2) is 5.78 Å². The van der Waals surface area contributed by atoms with Crippen LogP contribution < -0.4 is 0 Å². The summed E-state index contributed by atoms with van der Waals surface area (Å²) in [7, 11) is 0. The summed E-state index contributed by atoms with van der Waals surface area (Å²) in [6.45, 7) is 2.00. The molecule has 2 aromatic rings. The Hall–Kier alpha value is -0.830. The second kappa shape index (κ2) is 5.21. The van der Waals surface area contributed by atoms with Crippen molar-refractivity contribution in [2.24, 2.45) is 0 Å². The maximum Gasteiger partial charge on any atom is 0.169 e. The highest BCUT2D eigenvalue weighted by Crippen LogP contribution is 2.31. The molecule has 0 aliphatic carbocycles. The van der Waals surface area contributed by atoms with Gasteiger partial charge >= 0.3 is 0 Å². The van der Waals surface area contributed by atoms with Crippen molar-refractivity contribution >= 4 is 40.3 Å². The summed E-state index contributed by atoms with van der Waals surface area (Å²) in [5, 5.41) is 0. The number of aryl methyl sites for hydroxylation is 1. The number of hydrogen-bond acceptors (Lipinski definition) is 2. The number of carbonyl (C=O) groups excluding carboxylic acids is 1. The van der Waals surface area contributed by atoms with E-state index in [1.165, 1.54) is 11.3 Å². The van der Waals surface area contributed by atoms with Gasteiger partial charge < -0.3 is 0 Å². The summed E-state index contributed by atoms with van der Waals surface area (Å²) in [5.74, 6) is 0.00347. The van der Waals surface area contributed by atoms with E-state index in [2.05, 4.69) is 0 Å². The third-order valence-corrected chi connectivity index (χ3v) is 3.89. The maximum atomic E-state index is 12.0. The van der Waals surface area contributed by atoms with Gasteiger partial charge in [-0.05, 0) is 18.6 Å². The molecule has 1 nitrogen and oxygen atoms in total. The van der Waals surface area contributed by atoms with Crippen LogP contribution in [0.1, 0.15) is 21.5 Å². The Bertz CT molecular complexity index is 560. The normalized spacial score (nSPS) is 10.5. The number of benzene rings is 1. The zero-order valence-electron chi connectivity index (χ0n) is 9.17. The van der Waals surface area contributed by atoms with Crippen LogP contribution in [0.25, 0.3) is 0 Å². The molecule has 0 amide bonds. The van der Waals surface area contributed by atoms with E-state index in [0.29, 0.717) is 20.7 Å². The Balaban J connectivity index is 2.20. The van der Waals surface area contributed by atoms with Crippen LogP contribution in [0.2, 0.25) is 8.67 Å². The van der Waals surface area contributed by atoms with E-state index in [0.717, 1.165) is 11.1 Å². The first-order valence-electron chi connectivity index (χ1n) is 5.10. The van der Waals surface area contributed by atoms with Crippen molar-refractivity contribution in [3.8, 4) is 0 Å². The molecule has 1 aromatic heterocycles. The van der Waals surface area contributed by atoms with E-state index in [1.54, 1.807) is 6.07 Å². The van der Waals surface area contributed by atoms with Crippen LogP contribution in [0.4, 0.5) is 0 Å². The van der Waals surface area contributed by atoms with E-state index < -0.39 is 0 Å². The first-order valence-corrected chi connectivity index (χ1v) is 6.67. The quantitative estimate of drug-likeness (QED) is 0.741. The number of halogens is 2. The predicted molar refractivity (Wildman–Crippen MR) is 73.6 cm³/mol. The number of ketones is 1. The molecule has 0 unspecified atom stereocenters. The van der Waals surface area contributed by atoms with E-state index in [-0.39, 0.29) is 5.78 Å². The van der Waals surface area contributed by atoms with Gasteiger partial charge in [-0.1, -0.05) is 53.0 Å². The molecule has 88 valence electrons. The van der Waals surface area contributed by atoms with Gasteiger partial charge in [0.05, 0.1) is 4.34 Å². The summed E-state index contributed by atoms with van der Waals surface area (Å²) < 4.78 is 1.01. The van der Waals surface area contributed by atoms with Crippen molar-refractivity contribution in [2.45, 2.75) is 13.3 Å². The maximum absolute atomic E-state index is 12.0. The van der Waals surface area contributed by atoms with Gasteiger partial charge in [0.25, 0.3) is 0 Å². The molecular formula is C13H10Cl2OS. The Labute approximate surface area is 114 Å². The zero-order valence-corrected chi connectivity index (χ0v) is 11.5. The molecule has 0 spiro atoms. The van der Waals surface area contributed by atoms with Crippen molar-refractivity contribution in [1.82, 2.24) is 0 Å². The molecule has 2 rings (SSSR count). The lowest BCUT2D eigenvalue weighted by molar-refractivity contribution is 0.0993. The van der Waals surface area contributed by atoms with Crippen LogP contribution in [0.5, 0.6) is 0 Å². The van der Waals surface area contributed by atoms with E-state index in [9.17, 15) is 4.79 Å². The molecular weight excluding hydrogens is 275 g/mol. The summed E-state index contributed by atoms with van der Waals surface area (Å²) in [5.41, 5.74) is 2.65. The fraction of sp³-hybridized carbons (Fsp3) is 0.154. The molecule has 0 atom stereocenters. The molecule has 17 heavy (non-hydrogen) atoms. The highest BCUT2D eigenvalue weighted by molar-refractivity contribution is 7.20. The van der Waals surface area contributed by atoms with Gasteiger partial charge in [-0.3, -0.25) is 4.79 Å². The predicted octanol–water partition coefficient (Wildman–Crippen LogP) is 4.79. The van der Waals surface area contributed by atoms with Crippen molar-refractivity contribution in [1.29, 1.82) is 0 Å². The number of carbonyl (C=O) groups is 1. The smallest absolute Gasteiger partial charge is 0.169 e. The molecule has 0 aliphatic rings. The van der Waals surface area contributed by atoms with Crippen LogP contribution in [-0.2, 0) is 6.42 Å². The summed E-state index contributed by atoms with van der Waals surface area (Å²) >= 11 is 13.0. The first-order chi connectivity index (χ1) is 8.06. The lowest BCUT2D eigenvalue weighted by Gasteiger charge is -2.01. The minimum Gasteiger partial charge on any atom is -0.294 e. The molecule has 0 radical (unpaired) electrons. The number of rotatable bonds is 3. The SMILES string of the molecule is Cc1cccc(CC(=O)c2cc(Cl)sc2Cl)c1. The molecule has 0 fully saturated rings. The highest BCUT2D eigenvalue weighted by Gasteiger charge is 2.14. The average Bonchev–Trinajstić information content (AvgIpc) is 2.58. The van der Waals surface area contributed by atoms with Crippen LogP contribution >= 0.6 is 34.5 Å². The van der Waals surface area contributed by atoms with Crippen molar-refractivity contribution in [2.75, 3.05) is 0 Å². The minimum atomic E-state index is 0.00347. The molecule has 4 heteroatoms. The van der Waals surface area contributed by atoms with Gasteiger partial charge in [-0.25, -0.2) is 0 Å². The van der Waals surface area contributed by atoms with E-state index >= 15 is 0 Å². The Morgan fingerprint density at radius 2 is 2.06 bits per heavy atom. The largest absolute Gasteiger partial charge is 0.294 e. The molecule has 0 saturated heterocycles.